The highest BCUT2D eigenvalue weighted by Crippen LogP contribution is 2.15. The molecule has 120 valence electrons. The number of carbonyl (C=O) groups is 2. The normalized spacial score (nSPS) is 15.5. The highest BCUT2D eigenvalue weighted by Gasteiger charge is 2.32. The Hall–Kier alpha value is -1.61. The number of hydrogen-bond acceptors (Lipinski definition) is 4. The molecule has 0 spiro atoms. The van der Waals surface area contributed by atoms with Crippen LogP contribution in [0, 0.1) is 17.2 Å². The maximum absolute atomic E-state index is 12.2. The zero-order chi connectivity index (χ0) is 16.8. The van der Waals surface area contributed by atoms with Crippen LogP contribution in [-0.4, -0.2) is 47.9 Å². The van der Waals surface area contributed by atoms with Crippen LogP contribution in [0.15, 0.2) is 0 Å². The number of amides is 2. The highest BCUT2D eigenvalue weighted by molar-refractivity contribution is 5.84. The third-order valence-electron chi connectivity index (χ3n) is 3.65. The van der Waals surface area contributed by atoms with Gasteiger partial charge in [-0.3, -0.25) is 14.5 Å². The zero-order valence-electron chi connectivity index (χ0n) is 14.2. The summed E-state index contributed by atoms with van der Waals surface area (Å²) >= 11 is 0. The Labute approximate surface area is 127 Å². The second-order valence-corrected chi connectivity index (χ2v) is 6.27. The summed E-state index contributed by atoms with van der Waals surface area (Å²) in [7, 11) is 1.71. The molecule has 0 radical (unpaired) electrons. The molecule has 0 fully saturated rings. The first-order chi connectivity index (χ1) is 9.53. The molecule has 6 nitrogen and oxygen atoms in total. The first-order valence-electron chi connectivity index (χ1n) is 7.26. The first-order valence-corrected chi connectivity index (χ1v) is 7.26. The predicted molar refractivity (Wildman–Crippen MR) is 82.4 cm³/mol. The Kier molecular flexibility index (Phi) is 7.37. The summed E-state index contributed by atoms with van der Waals surface area (Å²) in [5.74, 6) is -0.389. The van der Waals surface area contributed by atoms with Crippen molar-refractivity contribution in [2.45, 2.75) is 59.2 Å². The van der Waals surface area contributed by atoms with Gasteiger partial charge in [-0.15, -0.1) is 0 Å². The fourth-order valence-electron chi connectivity index (χ4n) is 1.59. The molecule has 0 unspecified atom stereocenters. The summed E-state index contributed by atoms with van der Waals surface area (Å²) in [6.45, 7) is 11.1. The average molecular weight is 296 g/mol. The lowest BCUT2D eigenvalue weighted by Gasteiger charge is -2.31. The van der Waals surface area contributed by atoms with Gasteiger partial charge in [-0.05, 0) is 40.7 Å². The van der Waals surface area contributed by atoms with Crippen molar-refractivity contribution in [3.8, 4) is 6.07 Å². The summed E-state index contributed by atoms with van der Waals surface area (Å²) in [5.41, 5.74) is -0.910. The summed E-state index contributed by atoms with van der Waals surface area (Å²) in [6, 6.07) is 1.72. The van der Waals surface area contributed by atoms with Crippen LogP contribution in [0.2, 0.25) is 0 Å². The number of carbonyl (C=O) groups excluding carboxylic acids is 2. The molecule has 0 aliphatic heterocycles. The molecule has 2 atom stereocenters. The molecular weight excluding hydrogens is 268 g/mol. The highest BCUT2D eigenvalue weighted by atomic mass is 16.2. The number of nitriles is 1. The van der Waals surface area contributed by atoms with Gasteiger partial charge in [0.25, 0.3) is 0 Å². The van der Waals surface area contributed by atoms with Crippen molar-refractivity contribution >= 4 is 11.8 Å². The maximum atomic E-state index is 12.2. The average Bonchev–Trinajstić information content (AvgIpc) is 2.35. The standard InChI is InChI=1S/C15H28N4O2/c1-10(2)15(6,9-16)18-14(21)12(5)19(7)8-13(20)17-11(3)4/h10-12H,8H2,1-7H3,(H,17,20)(H,18,21)/t12-,15+/m1/s1. The van der Waals surface area contributed by atoms with E-state index in [2.05, 4.69) is 16.7 Å². The smallest absolute Gasteiger partial charge is 0.238 e. The molecule has 0 rings (SSSR count). The largest absolute Gasteiger partial charge is 0.353 e. The van der Waals surface area contributed by atoms with Crippen LogP contribution in [0.25, 0.3) is 0 Å². The van der Waals surface area contributed by atoms with Gasteiger partial charge < -0.3 is 10.6 Å². The second-order valence-electron chi connectivity index (χ2n) is 6.27. The van der Waals surface area contributed by atoms with Crippen LogP contribution in [0.3, 0.4) is 0 Å². The fourth-order valence-corrected chi connectivity index (χ4v) is 1.59. The van der Waals surface area contributed by atoms with E-state index in [4.69, 9.17) is 0 Å². The van der Waals surface area contributed by atoms with E-state index < -0.39 is 11.6 Å². The predicted octanol–water partition coefficient (Wildman–Crippen LogP) is 0.886. The molecular formula is C15H28N4O2. The van der Waals surface area contributed by atoms with Crippen LogP contribution in [-0.2, 0) is 9.59 Å². The second kappa shape index (κ2) is 7.99. The minimum Gasteiger partial charge on any atom is -0.353 e. The Morgan fingerprint density at radius 1 is 1.24 bits per heavy atom. The Bertz CT molecular complexity index is 414. The van der Waals surface area contributed by atoms with Crippen molar-refractivity contribution in [2.24, 2.45) is 5.92 Å². The lowest BCUT2D eigenvalue weighted by atomic mass is 9.90. The molecule has 0 heterocycles. The molecule has 0 aromatic carbocycles. The molecule has 0 saturated carbocycles. The fraction of sp³-hybridized carbons (Fsp3) is 0.800. The lowest BCUT2D eigenvalue weighted by Crippen LogP contribution is -2.55. The molecule has 0 saturated heterocycles. The molecule has 2 amide bonds. The van der Waals surface area contributed by atoms with E-state index in [1.165, 1.54) is 0 Å². The Balaban J connectivity index is 4.64. The summed E-state index contributed by atoms with van der Waals surface area (Å²) in [5, 5.41) is 14.8. The number of likely N-dealkylation sites (N-methyl/N-ethyl adjacent to an activating group) is 1. The van der Waals surface area contributed by atoms with Gasteiger partial charge in [-0.2, -0.15) is 5.26 Å². The van der Waals surface area contributed by atoms with Gasteiger partial charge in [0, 0.05) is 6.04 Å². The monoisotopic (exact) mass is 296 g/mol. The maximum Gasteiger partial charge on any atom is 0.238 e. The summed E-state index contributed by atoms with van der Waals surface area (Å²) in [4.78, 5) is 25.6. The number of nitrogens with zero attached hydrogens (tertiary/aromatic N) is 2. The van der Waals surface area contributed by atoms with E-state index in [0.29, 0.717) is 0 Å². The van der Waals surface area contributed by atoms with Gasteiger partial charge in [0.2, 0.25) is 11.8 Å². The summed E-state index contributed by atoms with van der Waals surface area (Å²) in [6.07, 6.45) is 0. The van der Waals surface area contributed by atoms with Crippen molar-refractivity contribution in [3.05, 3.63) is 0 Å². The Morgan fingerprint density at radius 3 is 2.14 bits per heavy atom. The van der Waals surface area contributed by atoms with Gasteiger partial charge >= 0.3 is 0 Å². The van der Waals surface area contributed by atoms with Crippen LogP contribution >= 0.6 is 0 Å². The van der Waals surface area contributed by atoms with E-state index in [-0.39, 0.29) is 30.3 Å². The number of rotatable bonds is 7. The molecule has 0 bridgehead atoms. The molecule has 0 aliphatic rings. The van der Waals surface area contributed by atoms with Crippen molar-refractivity contribution in [1.29, 1.82) is 5.26 Å². The van der Waals surface area contributed by atoms with Crippen molar-refractivity contribution < 1.29 is 9.59 Å². The molecule has 0 aromatic rings. The molecule has 0 aromatic heterocycles. The molecule has 6 heteroatoms. The van der Waals surface area contributed by atoms with Crippen LogP contribution < -0.4 is 10.6 Å². The van der Waals surface area contributed by atoms with Gasteiger partial charge in [-0.1, -0.05) is 13.8 Å². The number of nitrogens with one attached hydrogen (secondary N) is 2. The van der Waals surface area contributed by atoms with Gasteiger partial charge in [0.05, 0.1) is 18.7 Å². The van der Waals surface area contributed by atoms with Crippen molar-refractivity contribution in [1.82, 2.24) is 15.5 Å². The van der Waals surface area contributed by atoms with E-state index >= 15 is 0 Å². The van der Waals surface area contributed by atoms with Crippen molar-refractivity contribution in [2.75, 3.05) is 13.6 Å². The molecule has 2 N–H and O–H groups in total. The quantitative estimate of drug-likeness (QED) is 0.730. The van der Waals surface area contributed by atoms with Crippen LogP contribution in [0.1, 0.15) is 41.5 Å². The topological polar surface area (TPSA) is 85.2 Å². The first kappa shape index (κ1) is 19.4. The van der Waals surface area contributed by atoms with Crippen LogP contribution in [0.4, 0.5) is 0 Å². The van der Waals surface area contributed by atoms with E-state index in [0.717, 1.165) is 0 Å². The zero-order valence-corrected chi connectivity index (χ0v) is 14.2. The van der Waals surface area contributed by atoms with Crippen LogP contribution in [0.5, 0.6) is 0 Å². The lowest BCUT2D eigenvalue weighted by molar-refractivity contribution is -0.129. The third kappa shape index (κ3) is 6.13. The summed E-state index contributed by atoms with van der Waals surface area (Å²) < 4.78 is 0. The minimum atomic E-state index is -0.910. The van der Waals surface area contributed by atoms with E-state index in [9.17, 15) is 14.9 Å². The Morgan fingerprint density at radius 2 is 1.76 bits per heavy atom. The van der Waals surface area contributed by atoms with Gasteiger partial charge in [0.1, 0.15) is 5.54 Å². The van der Waals surface area contributed by atoms with Gasteiger partial charge in [-0.25, -0.2) is 0 Å². The van der Waals surface area contributed by atoms with Gasteiger partial charge in [0.15, 0.2) is 0 Å². The molecule has 0 aliphatic carbocycles. The molecule has 21 heavy (non-hydrogen) atoms. The van der Waals surface area contributed by atoms with E-state index in [1.54, 1.807) is 25.8 Å². The third-order valence-corrected chi connectivity index (χ3v) is 3.65. The minimum absolute atomic E-state index is 0.00630. The van der Waals surface area contributed by atoms with Crippen molar-refractivity contribution in [3.63, 3.8) is 0 Å². The SMILES string of the molecule is CC(C)NC(=O)CN(C)[C@H](C)C(=O)N[C@@](C)(C#N)C(C)C. The number of hydrogen-bond donors (Lipinski definition) is 2. The van der Waals surface area contributed by atoms with E-state index in [1.807, 2.05) is 27.7 Å².